The number of carbonyl (C=O) groups excluding carboxylic acids is 1. The predicted molar refractivity (Wildman–Crippen MR) is 108 cm³/mol. The first-order chi connectivity index (χ1) is 14.7. The van der Waals surface area contributed by atoms with Gasteiger partial charge in [0.05, 0.1) is 28.4 Å². The van der Waals surface area contributed by atoms with Crippen LogP contribution in [-0.4, -0.2) is 47.1 Å². The molecule has 0 bridgehead atoms. The number of hydrogen-bond acceptors (Lipinski definition) is 5. The standard InChI is InChI=1S/C22H22F3NO5/c1-28-17-8-6-14(11-18(17)29-2)5-7-15-12-19(30-3)20(31-4)13-16(15)9-10-26-21(27)22(23,24)25/h6,8,11-13H,9-10H2,1-4H3,(H,26,27). The van der Waals surface area contributed by atoms with Gasteiger partial charge < -0.3 is 24.3 Å². The van der Waals surface area contributed by atoms with E-state index in [4.69, 9.17) is 18.9 Å². The zero-order chi connectivity index (χ0) is 23.0. The Morgan fingerprint density at radius 3 is 2.03 bits per heavy atom. The molecule has 2 aromatic carbocycles. The summed E-state index contributed by atoms with van der Waals surface area (Å²) in [5.41, 5.74) is 1.76. The maximum absolute atomic E-state index is 12.4. The van der Waals surface area contributed by atoms with E-state index >= 15 is 0 Å². The summed E-state index contributed by atoms with van der Waals surface area (Å²) in [5, 5.41) is 1.85. The lowest BCUT2D eigenvalue weighted by Gasteiger charge is -2.13. The van der Waals surface area contributed by atoms with Crippen molar-refractivity contribution in [1.29, 1.82) is 0 Å². The molecule has 0 fully saturated rings. The second kappa shape index (κ2) is 10.5. The molecule has 0 atom stereocenters. The molecule has 31 heavy (non-hydrogen) atoms. The fourth-order valence-electron chi connectivity index (χ4n) is 2.71. The van der Waals surface area contributed by atoms with Gasteiger partial charge in [0, 0.05) is 17.7 Å². The van der Waals surface area contributed by atoms with Gasteiger partial charge in [0.15, 0.2) is 23.0 Å². The zero-order valence-electron chi connectivity index (χ0n) is 17.5. The van der Waals surface area contributed by atoms with Crippen molar-refractivity contribution in [3.63, 3.8) is 0 Å². The number of ether oxygens (including phenoxy) is 4. The smallest absolute Gasteiger partial charge is 0.471 e. The first kappa shape index (κ1) is 23.7. The Balaban J connectivity index is 2.35. The number of benzene rings is 2. The number of halogens is 3. The van der Waals surface area contributed by atoms with Crippen molar-refractivity contribution in [3.05, 3.63) is 47.0 Å². The molecule has 2 rings (SSSR count). The fourth-order valence-corrected chi connectivity index (χ4v) is 2.71. The van der Waals surface area contributed by atoms with Crippen molar-refractivity contribution < 1.29 is 36.9 Å². The highest BCUT2D eigenvalue weighted by Crippen LogP contribution is 2.31. The van der Waals surface area contributed by atoms with Crippen LogP contribution in [-0.2, 0) is 11.2 Å². The highest BCUT2D eigenvalue weighted by atomic mass is 19.4. The van der Waals surface area contributed by atoms with E-state index in [2.05, 4.69) is 11.8 Å². The summed E-state index contributed by atoms with van der Waals surface area (Å²) >= 11 is 0. The summed E-state index contributed by atoms with van der Waals surface area (Å²) in [6.07, 6.45) is -4.83. The molecule has 0 aliphatic carbocycles. The quantitative estimate of drug-likeness (QED) is 0.674. The number of carbonyl (C=O) groups is 1. The fraction of sp³-hybridized carbons (Fsp3) is 0.318. The van der Waals surface area contributed by atoms with Crippen LogP contribution in [0.25, 0.3) is 0 Å². The van der Waals surface area contributed by atoms with Crippen molar-refractivity contribution in [1.82, 2.24) is 5.32 Å². The highest BCUT2D eigenvalue weighted by molar-refractivity contribution is 5.81. The molecule has 166 valence electrons. The molecule has 1 N–H and O–H groups in total. The first-order valence-electron chi connectivity index (χ1n) is 9.07. The number of nitrogens with one attached hydrogen (secondary N) is 1. The monoisotopic (exact) mass is 437 g/mol. The second-order valence-electron chi connectivity index (χ2n) is 6.19. The molecule has 0 aliphatic rings. The van der Waals surface area contributed by atoms with Crippen molar-refractivity contribution >= 4 is 5.91 Å². The van der Waals surface area contributed by atoms with Gasteiger partial charge in [0.25, 0.3) is 0 Å². The van der Waals surface area contributed by atoms with Gasteiger partial charge in [-0.05, 0) is 42.3 Å². The summed E-state index contributed by atoms with van der Waals surface area (Å²) in [4.78, 5) is 11.1. The Morgan fingerprint density at radius 1 is 0.871 bits per heavy atom. The Morgan fingerprint density at radius 2 is 1.45 bits per heavy atom. The molecule has 0 saturated heterocycles. The molecule has 9 heteroatoms. The number of rotatable bonds is 7. The van der Waals surface area contributed by atoms with Gasteiger partial charge in [0.2, 0.25) is 0 Å². The summed E-state index contributed by atoms with van der Waals surface area (Å²) in [7, 11) is 5.95. The van der Waals surface area contributed by atoms with Gasteiger partial charge in [-0.15, -0.1) is 0 Å². The largest absolute Gasteiger partial charge is 0.493 e. The van der Waals surface area contributed by atoms with Gasteiger partial charge in [0.1, 0.15) is 0 Å². The van der Waals surface area contributed by atoms with Gasteiger partial charge >= 0.3 is 12.1 Å². The van der Waals surface area contributed by atoms with E-state index < -0.39 is 12.1 Å². The molecular weight excluding hydrogens is 415 g/mol. The Kier molecular flexibility index (Phi) is 8.02. The maximum Gasteiger partial charge on any atom is 0.471 e. The van der Waals surface area contributed by atoms with Crippen molar-refractivity contribution in [2.45, 2.75) is 12.6 Å². The van der Waals surface area contributed by atoms with Crippen LogP contribution in [0.5, 0.6) is 23.0 Å². The van der Waals surface area contributed by atoms with Crippen LogP contribution in [0.1, 0.15) is 16.7 Å². The number of methoxy groups -OCH3 is 4. The molecule has 0 aliphatic heterocycles. The molecule has 2 aromatic rings. The van der Waals surface area contributed by atoms with Crippen molar-refractivity contribution in [2.24, 2.45) is 0 Å². The van der Waals surface area contributed by atoms with E-state index in [-0.39, 0.29) is 13.0 Å². The third-order valence-electron chi connectivity index (χ3n) is 4.27. The summed E-state index contributed by atoms with van der Waals surface area (Å²) < 4.78 is 58.2. The Bertz CT molecular complexity index is 993. The van der Waals surface area contributed by atoms with Crippen LogP contribution >= 0.6 is 0 Å². The van der Waals surface area contributed by atoms with E-state index in [1.165, 1.54) is 28.4 Å². The maximum atomic E-state index is 12.4. The summed E-state index contributed by atoms with van der Waals surface area (Å²) in [5.74, 6) is 5.88. The summed E-state index contributed by atoms with van der Waals surface area (Å²) in [6.45, 7) is -0.223. The highest BCUT2D eigenvalue weighted by Gasteiger charge is 2.38. The second-order valence-corrected chi connectivity index (χ2v) is 6.19. The number of amides is 1. The third-order valence-corrected chi connectivity index (χ3v) is 4.27. The minimum Gasteiger partial charge on any atom is -0.493 e. The first-order valence-corrected chi connectivity index (χ1v) is 9.07. The van der Waals surface area contributed by atoms with Crippen LogP contribution in [0.3, 0.4) is 0 Å². The molecule has 0 saturated carbocycles. The molecular formula is C22H22F3NO5. The lowest BCUT2D eigenvalue weighted by atomic mass is 10.0. The minimum atomic E-state index is -4.94. The van der Waals surface area contributed by atoms with Crippen LogP contribution in [0.15, 0.2) is 30.3 Å². The lowest BCUT2D eigenvalue weighted by Crippen LogP contribution is -2.37. The van der Waals surface area contributed by atoms with E-state index in [0.717, 1.165) is 0 Å². The topological polar surface area (TPSA) is 66.0 Å². The van der Waals surface area contributed by atoms with Crippen molar-refractivity contribution in [2.75, 3.05) is 35.0 Å². The molecule has 6 nitrogen and oxygen atoms in total. The zero-order valence-corrected chi connectivity index (χ0v) is 17.5. The van der Waals surface area contributed by atoms with E-state index in [1.807, 2.05) is 5.32 Å². The molecule has 0 aromatic heterocycles. The lowest BCUT2D eigenvalue weighted by molar-refractivity contribution is -0.173. The molecule has 0 heterocycles. The van der Waals surface area contributed by atoms with E-state index in [9.17, 15) is 18.0 Å². The molecule has 0 unspecified atom stereocenters. The minimum absolute atomic E-state index is 0.109. The Labute approximate surface area is 178 Å². The average Bonchev–Trinajstić information content (AvgIpc) is 2.76. The molecule has 0 spiro atoms. The Hall–Kier alpha value is -3.54. The molecule has 1 amide bonds. The van der Waals surface area contributed by atoms with Gasteiger partial charge in [-0.3, -0.25) is 4.79 Å². The average molecular weight is 437 g/mol. The van der Waals surface area contributed by atoms with E-state index in [0.29, 0.717) is 39.7 Å². The van der Waals surface area contributed by atoms with E-state index in [1.54, 1.807) is 30.3 Å². The van der Waals surface area contributed by atoms with Gasteiger partial charge in [-0.1, -0.05) is 11.8 Å². The molecule has 0 radical (unpaired) electrons. The van der Waals surface area contributed by atoms with Crippen LogP contribution < -0.4 is 24.3 Å². The predicted octanol–water partition coefficient (Wildman–Crippen LogP) is 3.34. The van der Waals surface area contributed by atoms with Crippen LogP contribution in [0.2, 0.25) is 0 Å². The van der Waals surface area contributed by atoms with Crippen LogP contribution in [0.4, 0.5) is 13.2 Å². The number of hydrogen-bond donors (Lipinski definition) is 1. The number of alkyl halides is 3. The van der Waals surface area contributed by atoms with Crippen molar-refractivity contribution in [3.8, 4) is 34.8 Å². The van der Waals surface area contributed by atoms with Gasteiger partial charge in [-0.2, -0.15) is 13.2 Å². The van der Waals surface area contributed by atoms with Gasteiger partial charge in [-0.25, -0.2) is 0 Å². The third kappa shape index (κ3) is 6.22. The summed E-state index contributed by atoms with van der Waals surface area (Å²) in [6, 6.07) is 8.42. The van der Waals surface area contributed by atoms with Crippen LogP contribution in [0, 0.1) is 11.8 Å². The normalized spacial score (nSPS) is 10.5. The SMILES string of the molecule is COc1ccc(C#Cc2cc(OC)c(OC)cc2CCNC(=O)C(F)(F)F)cc1OC.